The van der Waals surface area contributed by atoms with E-state index in [1.807, 2.05) is 0 Å². The quantitative estimate of drug-likeness (QED) is 0.0261. The van der Waals surface area contributed by atoms with Gasteiger partial charge in [-0.3, -0.25) is 14.4 Å². The van der Waals surface area contributed by atoms with Gasteiger partial charge in [-0.1, -0.05) is 277 Å². The van der Waals surface area contributed by atoms with Crippen LogP contribution in [0.1, 0.15) is 303 Å². The van der Waals surface area contributed by atoms with Crippen molar-refractivity contribution in [3.63, 3.8) is 0 Å². The molecule has 6 heteroatoms. The molecule has 1 unspecified atom stereocenters. The van der Waals surface area contributed by atoms with Crippen molar-refractivity contribution in [1.29, 1.82) is 0 Å². The van der Waals surface area contributed by atoms with Crippen molar-refractivity contribution >= 4 is 17.9 Å². The summed E-state index contributed by atoms with van der Waals surface area (Å²) in [6, 6.07) is 0. The molecule has 0 saturated carbocycles. The summed E-state index contributed by atoms with van der Waals surface area (Å²) in [7, 11) is 0. The van der Waals surface area contributed by atoms with Gasteiger partial charge in [0.15, 0.2) is 6.10 Å². The van der Waals surface area contributed by atoms with E-state index in [2.05, 4.69) is 142 Å². The minimum atomic E-state index is -0.789. The molecule has 0 radical (unpaired) electrons. The van der Waals surface area contributed by atoms with Gasteiger partial charge in [0.25, 0.3) is 0 Å². The Balaban J connectivity index is 4.23. The van der Waals surface area contributed by atoms with Crippen LogP contribution in [0.2, 0.25) is 0 Å². The van der Waals surface area contributed by atoms with Crippen LogP contribution >= 0.6 is 0 Å². The minimum absolute atomic E-state index is 0.0871. The number of esters is 3. The highest BCUT2D eigenvalue weighted by atomic mass is 16.6. The Morgan fingerprint density at radius 2 is 0.519 bits per heavy atom. The fraction of sp³-hybridized carbons (Fsp3) is 0.685. The predicted octanol–water partition coefficient (Wildman–Crippen LogP) is 22.8. The monoisotopic (exact) mass is 1090 g/mol. The Hall–Kier alpha value is -4.19. The van der Waals surface area contributed by atoms with Crippen LogP contribution < -0.4 is 0 Å². The van der Waals surface area contributed by atoms with E-state index in [0.29, 0.717) is 19.3 Å². The second-order valence-electron chi connectivity index (χ2n) is 21.6. The molecule has 0 rings (SSSR count). The molecule has 0 fully saturated rings. The maximum absolute atomic E-state index is 12.9. The molecule has 1 atom stereocenters. The Morgan fingerprint density at radius 1 is 0.266 bits per heavy atom. The van der Waals surface area contributed by atoms with Gasteiger partial charge in [-0.05, 0) is 128 Å². The average molecular weight is 1100 g/mol. The van der Waals surface area contributed by atoms with Gasteiger partial charge in [0, 0.05) is 19.3 Å². The number of ether oxygens (including phenoxy) is 3. The Labute approximate surface area is 488 Å². The number of rotatable bonds is 59. The molecule has 0 aromatic rings. The summed E-state index contributed by atoms with van der Waals surface area (Å²) in [5.41, 5.74) is 0. The summed E-state index contributed by atoms with van der Waals surface area (Å²) in [4.78, 5) is 38.2. The van der Waals surface area contributed by atoms with Crippen molar-refractivity contribution in [2.75, 3.05) is 13.2 Å². The molecule has 0 aromatic carbocycles. The average Bonchev–Trinajstić information content (AvgIpc) is 3.45. The second-order valence-corrected chi connectivity index (χ2v) is 21.6. The SMILES string of the molecule is CC/C=C\C/C=C\C/C=C\C/C=C\C/C=C\C/C=C\C/C=C\C/C=C\CCCCCCCCCCC(=O)OCC(COC(=O)CCCCCCC/C=C\CCC)OC(=O)CCCCCCCCC/C=C\CCCCCCCCC. The number of unbranched alkanes of at least 4 members (excludes halogenated alkanes) is 28. The summed E-state index contributed by atoms with van der Waals surface area (Å²) in [5.74, 6) is -0.905. The molecule has 0 bridgehead atoms. The third-order valence-corrected chi connectivity index (χ3v) is 13.9. The lowest BCUT2D eigenvalue weighted by Gasteiger charge is -2.18. The smallest absolute Gasteiger partial charge is 0.306 e. The maximum Gasteiger partial charge on any atom is 0.306 e. The largest absolute Gasteiger partial charge is 0.462 e. The lowest BCUT2D eigenvalue weighted by molar-refractivity contribution is -0.167. The molecule has 0 aliphatic rings. The number of carbonyl (C=O) groups is 3. The second kappa shape index (κ2) is 66.3. The first-order valence-corrected chi connectivity index (χ1v) is 33.0. The molecule has 0 spiro atoms. The lowest BCUT2D eigenvalue weighted by Crippen LogP contribution is -2.30. The highest BCUT2D eigenvalue weighted by Gasteiger charge is 2.19. The van der Waals surface area contributed by atoms with Gasteiger partial charge in [-0.2, -0.15) is 0 Å². The van der Waals surface area contributed by atoms with Crippen molar-refractivity contribution in [3.8, 4) is 0 Å². The van der Waals surface area contributed by atoms with E-state index in [-0.39, 0.29) is 31.1 Å². The first-order chi connectivity index (χ1) is 39.0. The fourth-order valence-electron chi connectivity index (χ4n) is 8.99. The van der Waals surface area contributed by atoms with Crippen LogP contribution in [0.15, 0.2) is 122 Å². The summed E-state index contributed by atoms with van der Waals surface area (Å²) >= 11 is 0. The third kappa shape index (κ3) is 64.5. The van der Waals surface area contributed by atoms with Crippen LogP contribution in [0.4, 0.5) is 0 Å². The molecule has 450 valence electrons. The van der Waals surface area contributed by atoms with Crippen molar-refractivity contribution in [3.05, 3.63) is 122 Å². The zero-order valence-electron chi connectivity index (χ0n) is 51.6. The van der Waals surface area contributed by atoms with Crippen LogP contribution in [-0.4, -0.2) is 37.2 Å². The van der Waals surface area contributed by atoms with Crippen LogP contribution in [0, 0.1) is 0 Å². The van der Waals surface area contributed by atoms with E-state index in [0.717, 1.165) is 135 Å². The van der Waals surface area contributed by atoms with Crippen LogP contribution in [0.25, 0.3) is 0 Å². The fourth-order valence-corrected chi connectivity index (χ4v) is 8.99. The highest BCUT2D eigenvalue weighted by molar-refractivity contribution is 5.71. The lowest BCUT2D eigenvalue weighted by atomic mass is 10.1. The van der Waals surface area contributed by atoms with Crippen molar-refractivity contribution in [1.82, 2.24) is 0 Å². The third-order valence-electron chi connectivity index (χ3n) is 13.9. The number of allylic oxidation sites excluding steroid dienone is 20. The minimum Gasteiger partial charge on any atom is -0.462 e. The van der Waals surface area contributed by atoms with E-state index < -0.39 is 6.10 Å². The van der Waals surface area contributed by atoms with E-state index >= 15 is 0 Å². The molecular weight excluding hydrogens is 973 g/mol. The van der Waals surface area contributed by atoms with Gasteiger partial charge in [0.1, 0.15) is 13.2 Å². The van der Waals surface area contributed by atoms with Crippen LogP contribution in [0.5, 0.6) is 0 Å². The van der Waals surface area contributed by atoms with Gasteiger partial charge < -0.3 is 14.2 Å². The number of hydrogen-bond donors (Lipinski definition) is 0. The number of hydrogen-bond acceptors (Lipinski definition) is 6. The topological polar surface area (TPSA) is 78.9 Å². The highest BCUT2D eigenvalue weighted by Crippen LogP contribution is 2.15. The molecule has 0 N–H and O–H groups in total. The molecule has 0 aromatic heterocycles. The van der Waals surface area contributed by atoms with Gasteiger partial charge in [0.05, 0.1) is 0 Å². The Bertz CT molecular complexity index is 1640. The molecule has 79 heavy (non-hydrogen) atoms. The molecule has 0 heterocycles. The number of carbonyl (C=O) groups excluding carboxylic acids is 3. The van der Waals surface area contributed by atoms with Crippen LogP contribution in [0.3, 0.4) is 0 Å². The van der Waals surface area contributed by atoms with Gasteiger partial charge in [-0.15, -0.1) is 0 Å². The standard InChI is InChI=1S/C73H122O6/c1-4-7-10-13-16-19-22-24-26-28-30-31-32-33-34-35-36-37-38-39-40-41-42-43-44-46-47-49-51-54-57-60-63-66-72(75)78-69-70(68-77-71(74)65-62-59-56-53-21-18-15-12-9-6-3)79-73(76)67-64-61-58-55-52-50-48-45-29-27-25-23-20-17-14-11-8-5-2/h7,10,12,15-16,19,24,26-27,29-31,33-34,36-37,39-40,42-43,70H,4-6,8-9,11,13-14,17-18,20-23,25,28,32,35,38,41,44-69H2,1-3H3/b10-7-,15-12-,19-16-,26-24-,29-27-,31-30-,34-33-,37-36-,40-39-,43-42-. The predicted molar refractivity (Wildman–Crippen MR) is 343 cm³/mol. The van der Waals surface area contributed by atoms with E-state index in [9.17, 15) is 14.4 Å². The Morgan fingerprint density at radius 3 is 0.835 bits per heavy atom. The molecule has 0 aliphatic carbocycles. The van der Waals surface area contributed by atoms with Crippen LogP contribution in [-0.2, 0) is 28.6 Å². The van der Waals surface area contributed by atoms with E-state index in [1.54, 1.807) is 0 Å². The van der Waals surface area contributed by atoms with Crippen molar-refractivity contribution in [2.45, 2.75) is 309 Å². The first kappa shape index (κ1) is 74.8. The normalized spacial score (nSPS) is 12.9. The molecular formula is C73H122O6. The first-order valence-electron chi connectivity index (χ1n) is 33.0. The summed E-state index contributed by atoms with van der Waals surface area (Å²) < 4.78 is 16.9. The Kier molecular flexibility index (Phi) is 62.8. The van der Waals surface area contributed by atoms with Crippen molar-refractivity contribution in [2.24, 2.45) is 0 Å². The molecule has 6 nitrogen and oxygen atoms in total. The molecule has 0 amide bonds. The zero-order chi connectivity index (χ0) is 57.1. The zero-order valence-corrected chi connectivity index (χ0v) is 51.6. The van der Waals surface area contributed by atoms with Gasteiger partial charge in [0.2, 0.25) is 0 Å². The summed E-state index contributed by atoms with van der Waals surface area (Å²) in [6.45, 7) is 6.46. The maximum atomic E-state index is 12.9. The summed E-state index contributed by atoms with van der Waals surface area (Å²) in [6.07, 6.45) is 92.2. The van der Waals surface area contributed by atoms with E-state index in [1.165, 1.54) is 128 Å². The van der Waals surface area contributed by atoms with E-state index in [4.69, 9.17) is 14.2 Å². The van der Waals surface area contributed by atoms with Gasteiger partial charge >= 0.3 is 17.9 Å². The van der Waals surface area contributed by atoms with Crippen molar-refractivity contribution < 1.29 is 28.6 Å². The molecule has 0 saturated heterocycles. The van der Waals surface area contributed by atoms with Gasteiger partial charge in [-0.25, -0.2) is 0 Å². The molecule has 0 aliphatic heterocycles. The summed E-state index contributed by atoms with van der Waals surface area (Å²) in [5, 5.41) is 0.